The molecule has 0 aliphatic rings. The second kappa shape index (κ2) is 8.24. The molecule has 0 aliphatic heterocycles. The number of oxime groups is 1. The molecule has 0 bridgehead atoms. The molecule has 0 unspecified atom stereocenters. The summed E-state index contributed by atoms with van der Waals surface area (Å²) in [7, 11) is 0. The van der Waals surface area contributed by atoms with Crippen molar-refractivity contribution in [3.05, 3.63) is 0 Å². The van der Waals surface area contributed by atoms with Crippen molar-refractivity contribution in [2.45, 2.75) is 46.0 Å². The fourth-order valence-corrected chi connectivity index (χ4v) is 1.01. The zero-order chi connectivity index (χ0) is 10.8. The Labute approximate surface area is 84.5 Å². The summed E-state index contributed by atoms with van der Waals surface area (Å²) in [4.78, 5) is 15.1. The third kappa shape index (κ3) is 7.29. The predicted octanol–water partition coefficient (Wildman–Crippen LogP) is 2.40. The summed E-state index contributed by atoms with van der Waals surface area (Å²) in [5.74, 6) is -0.404. The van der Waals surface area contributed by atoms with Crippen molar-refractivity contribution in [1.82, 2.24) is 0 Å². The molecule has 0 spiro atoms. The molecule has 0 N–H and O–H groups in total. The first-order chi connectivity index (χ1) is 6.70. The van der Waals surface area contributed by atoms with Gasteiger partial charge in [0, 0.05) is 13.3 Å². The van der Waals surface area contributed by atoms with E-state index in [1.165, 1.54) is 6.92 Å². The maximum atomic E-state index is 10.5. The first-order valence-electron chi connectivity index (χ1n) is 4.81. The molecule has 0 amide bonds. The van der Waals surface area contributed by atoms with Crippen LogP contribution in [0.15, 0.2) is 5.16 Å². The van der Waals surface area contributed by atoms with E-state index in [0.717, 1.165) is 31.4 Å². The first-order valence-corrected chi connectivity index (χ1v) is 4.81. The van der Waals surface area contributed by atoms with Crippen LogP contribution in [0.5, 0.6) is 0 Å². The van der Waals surface area contributed by atoms with E-state index in [2.05, 4.69) is 16.1 Å². The van der Waals surface area contributed by atoms with Gasteiger partial charge in [0.15, 0.2) is 0 Å². The number of nitriles is 1. The van der Waals surface area contributed by atoms with Crippen LogP contribution >= 0.6 is 0 Å². The zero-order valence-corrected chi connectivity index (χ0v) is 8.75. The summed E-state index contributed by atoms with van der Waals surface area (Å²) in [6.07, 6.45) is 3.81. The normalized spacial score (nSPS) is 10.8. The Morgan fingerprint density at radius 2 is 2.21 bits per heavy atom. The van der Waals surface area contributed by atoms with Crippen LogP contribution < -0.4 is 0 Å². The molecular formula is C10H16N2O2. The molecule has 0 fully saturated rings. The fraction of sp³-hybridized carbons (Fsp3) is 0.700. The lowest BCUT2D eigenvalue weighted by atomic mass is 10.1. The van der Waals surface area contributed by atoms with Gasteiger partial charge in [0.2, 0.25) is 0 Å². The number of hydrogen-bond acceptors (Lipinski definition) is 4. The number of rotatable bonds is 6. The summed E-state index contributed by atoms with van der Waals surface area (Å²) >= 11 is 0. The van der Waals surface area contributed by atoms with Crippen molar-refractivity contribution < 1.29 is 9.63 Å². The van der Waals surface area contributed by atoms with Crippen molar-refractivity contribution in [1.29, 1.82) is 5.26 Å². The highest BCUT2D eigenvalue weighted by molar-refractivity contribution is 5.84. The van der Waals surface area contributed by atoms with Crippen molar-refractivity contribution in [3.8, 4) is 6.07 Å². The van der Waals surface area contributed by atoms with Gasteiger partial charge < -0.3 is 4.84 Å². The molecule has 0 saturated carbocycles. The molecular weight excluding hydrogens is 180 g/mol. The highest BCUT2D eigenvalue weighted by atomic mass is 16.7. The summed E-state index contributed by atoms with van der Waals surface area (Å²) in [5.41, 5.74) is 0.859. The number of carbonyl (C=O) groups is 1. The van der Waals surface area contributed by atoms with Gasteiger partial charge in [-0.2, -0.15) is 5.26 Å². The molecule has 0 radical (unpaired) electrons. The molecule has 0 saturated heterocycles. The Morgan fingerprint density at radius 1 is 1.50 bits per heavy atom. The van der Waals surface area contributed by atoms with Crippen LogP contribution in [-0.4, -0.2) is 11.7 Å². The van der Waals surface area contributed by atoms with Crippen LogP contribution in [0.2, 0.25) is 0 Å². The van der Waals surface area contributed by atoms with Crippen LogP contribution in [0.3, 0.4) is 0 Å². The second-order valence-electron chi connectivity index (χ2n) is 3.00. The summed E-state index contributed by atoms with van der Waals surface area (Å²) in [6.45, 7) is 3.36. The van der Waals surface area contributed by atoms with Crippen LogP contribution in [0, 0.1) is 11.3 Å². The van der Waals surface area contributed by atoms with Gasteiger partial charge in [-0.1, -0.05) is 18.5 Å². The zero-order valence-electron chi connectivity index (χ0n) is 8.75. The van der Waals surface area contributed by atoms with Crippen LogP contribution in [-0.2, 0) is 9.63 Å². The van der Waals surface area contributed by atoms with Gasteiger partial charge in [-0.15, -0.1) is 0 Å². The summed E-state index contributed by atoms with van der Waals surface area (Å²) < 4.78 is 0. The minimum atomic E-state index is -0.404. The number of nitrogens with zero attached hydrogens (tertiary/aromatic N) is 2. The molecule has 0 aromatic rings. The van der Waals surface area contributed by atoms with E-state index < -0.39 is 5.97 Å². The SMILES string of the molecule is CCCC(CCCC#N)=NOC(C)=O. The predicted molar refractivity (Wildman–Crippen MR) is 53.6 cm³/mol. The monoisotopic (exact) mass is 196 g/mol. The molecule has 0 aromatic carbocycles. The molecule has 0 aliphatic carbocycles. The highest BCUT2D eigenvalue weighted by Crippen LogP contribution is 2.03. The maximum absolute atomic E-state index is 10.5. The highest BCUT2D eigenvalue weighted by Gasteiger charge is 2.00. The number of hydrogen-bond donors (Lipinski definition) is 0. The van der Waals surface area contributed by atoms with Gasteiger partial charge in [0.1, 0.15) is 0 Å². The van der Waals surface area contributed by atoms with E-state index in [1.54, 1.807) is 0 Å². The average molecular weight is 196 g/mol. The Kier molecular flexibility index (Phi) is 7.43. The van der Waals surface area contributed by atoms with Crippen molar-refractivity contribution >= 4 is 11.7 Å². The molecule has 78 valence electrons. The Morgan fingerprint density at radius 3 is 2.71 bits per heavy atom. The van der Waals surface area contributed by atoms with Gasteiger partial charge in [0.25, 0.3) is 0 Å². The van der Waals surface area contributed by atoms with E-state index in [4.69, 9.17) is 5.26 Å². The van der Waals surface area contributed by atoms with Gasteiger partial charge in [-0.3, -0.25) is 0 Å². The van der Waals surface area contributed by atoms with Gasteiger partial charge in [-0.05, 0) is 19.3 Å². The van der Waals surface area contributed by atoms with Crippen LogP contribution in [0.1, 0.15) is 46.0 Å². The lowest BCUT2D eigenvalue weighted by Crippen LogP contribution is -2.01. The molecule has 14 heavy (non-hydrogen) atoms. The summed E-state index contributed by atoms with van der Waals surface area (Å²) in [5, 5.41) is 12.1. The molecule has 0 rings (SSSR count). The average Bonchev–Trinajstić information content (AvgIpc) is 2.14. The van der Waals surface area contributed by atoms with E-state index in [1.807, 2.05) is 6.92 Å². The molecule has 0 heterocycles. The Bertz CT molecular complexity index is 241. The fourth-order valence-electron chi connectivity index (χ4n) is 1.01. The lowest BCUT2D eigenvalue weighted by Gasteiger charge is -2.01. The molecule has 4 heteroatoms. The van der Waals surface area contributed by atoms with Gasteiger partial charge in [0.05, 0.1) is 11.8 Å². The summed E-state index contributed by atoms with van der Waals surface area (Å²) in [6, 6.07) is 2.07. The Balaban J connectivity index is 3.94. The van der Waals surface area contributed by atoms with Crippen molar-refractivity contribution in [2.75, 3.05) is 0 Å². The van der Waals surface area contributed by atoms with Crippen molar-refractivity contribution in [3.63, 3.8) is 0 Å². The topological polar surface area (TPSA) is 62.4 Å². The second-order valence-corrected chi connectivity index (χ2v) is 3.00. The van der Waals surface area contributed by atoms with E-state index >= 15 is 0 Å². The molecule has 4 nitrogen and oxygen atoms in total. The van der Waals surface area contributed by atoms with E-state index in [-0.39, 0.29) is 0 Å². The van der Waals surface area contributed by atoms with Crippen molar-refractivity contribution in [2.24, 2.45) is 5.16 Å². The van der Waals surface area contributed by atoms with E-state index in [0.29, 0.717) is 6.42 Å². The first kappa shape index (κ1) is 12.6. The quantitative estimate of drug-likeness (QED) is 0.283. The number of unbranched alkanes of at least 4 members (excludes halogenated alkanes) is 1. The third-order valence-electron chi connectivity index (χ3n) is 1.60. The molecule has 0 aromatic heterocycles. The van der Waals surface area contributed by atoms with E-state index in [9.17, 15) is 4.79 Å². The van der Waals surface area contributed by atoms with Gasteiger partial charge in [-0.25, -0.2) is 4.79 Å². The Hall–Kier alpha value is -1.37. The minimum Gasteiger partial charge on any atom is -0.319 e. The minimum absolute atomic E-state index is 0.404. The number of carbonyl (C=O) groups excluding carboxylic acids is 1. The largest absolute Gasteiger partial charge is 0.331 e. The maximum Gasteiger partial charge on any atom is 0.331 e. The molecule has 0 atom stereocenters. The van der Waals surface area contributed by atoms with Crippen LogP contribution in [0.25, 0.3) is 0 Å². The third-order valence-corrected chi connectivity index (χ3v) is 1.60. The smallest absolute Gasteiger partial charge is 0.319 e. The standard InChI is InChI=1S/C10H16N2O2/c1-3-6-10(7-4-5-8-11)12-14-9(2)13/h3-7H2,1-2H3. The van der Waals surface area contributed by atoms with Gasteiger partial charge >= 0.3 is 5.97 Å². The van der Waals surface area contributed by atoms with Crippen LogP contribution in [0.4, 0.5) is 0 Å². The lowest BCUT2D eigenvalue weighted by molar-refractivity contribution is -0.140.